The lowest BCUT2D eigenvalue weighted by atomic mass is 9.94. The third-order valence-corrected chi connectivity index (χ3v) is 3.97. The number of hydrogen-bond donors (Lipinski definition) is 2. The highest BCUT2D eigenvalue weighted by Gasteiger charge is 2.21. The highest BCUT2D eigenvalue weighted by molar-refractivity contribution is 5.53. The first-order valence-electron chi connectivity index (χ1n) is 6.94. The van der Waals surface area contributed by atoms with E-state index in [-0.39, 0.29) is 0 Å². The van der Waals surface area contributed by atoms with Crippen LogP contribution < -0.4 is 10.6 Å². The summed E-state index contributed by atoms with van der Waals surface area (Å²) in [5.74, 6) is 1.80. The van der Waals surface area contributed by atoms with Crippen LogP contribution in [0.3, 0.4) is 0 Å². The van der Waals surface area contributed by atoms with Crippen LogP contribution >= 0.6 is 0 Å². The molecule has 1 aliphatic heterocycles. The maximum absolute atomic E-state index is 3.62. The van der Waals surface area contributed by atoms with Crippen molar-refractivity contribution in [2.75, 3.05) is 25.0 Å². The minimum absolute atomic E-state index is 0.754. The molecule has 17 heavy (non-hydrogen) atoms. The Labute approximate surface area is 104 Å². The molecule has 1 fully saturated rings. The molecule has 1 aromatic carbocycles. The van der Waals surface area contributed by atoms with E-state index in [4.69, 9.17) is 0 Å². The Balaban J connectivity index is 1.43. The van der Waals surface area contributed by atoms with E-state index in [0.29, 0.717) is 0 Å². The van der Waals surface area contributed by atoms with Gasteiger partial charge in [0, 0.05) is 12.2 Å². The Morgan fingerprint density at radius 1 is 1.18 bits per heavy atom. The van der Waals surface area contributed by atoms with E-state index in [1.807, 2.05) is 0 Å². The van der Waals surface area contributed by atoms with E-state index in [0.717, 1.165) is 24.9 Å². The van der Waals surface area contributed by atoms with Gasteiger partial charge in [-0.3, -0.25) is 0 Å². The van der Waals surface area contributed by atoms with Crippen molar-refractivity contribution in [3.05, 3.63) is 29.8 Å². The average molecular weight is 230 g/mol. The summed E-state index contributed by atoms with van der Waals surface area (Å²) in [6, 6.07) is 8.69. The molecule has 2 N–H and O–H groups in total. The van der Waals surface area contributed by atoms with Gasteiger partial charge in [-0.25, -0.2) is 0 Å². The predicted octanol–water partition coefficient (Wildman–Crippen LogP) is 2.66. The molecule has 0 radical (unpaired) electrons. The fourth-order valence-corrected chi connectivity index (χ4v) is 2.67. The van der Waals surface area contributed by atoms with Gasteiger partial charge in [-0.2, -0.15) is 0 Å². The summed E-state index contributed by atoms with van der Waals surface area (Å²) in [5.41, 5.74) is 2.81. The molecule has 1 atom stereocenters. The first kappa shape index (κ1) is 11.1. The quantitative estimate of drug-likeness (QED) is 0.760. The SMILES string of the molecule is c1ccc2c(c1)CC(CNCCC1CC1)CN2. The van der Waals surface area contributed by atoms with Crippen LogP contribution in [0, 0.1) is 11.8 Å². The summed E-state index contributed by atoms with van der Waals surface area (Å²) in [7, 11) is 0. The molecule has 2 aliphatic rings. The third-order valence-electron chi connectivity index (χ3n) is 3.97. The lowest BCUT2D eigenvalue weighted by molar-refractivity contribution is 0.474. The lowest BCUT2D eigenvalue weighted by Crippen LogP contribution is -2.33. The largest absolute Gasteiger partial charge is 0.384 e. The Morgan fingerprint density at radius 3 is 2.94 bits per heavy atom. The van der Waals surface area contributed by atoms with Gasteiger partial charge in [-0.15, -0.1) is 0 Å². The molecule has 0 amide bonds. The van der Waals surface area contributed by atoms with Gasteiger partial charge in [0.1, 0.15) is 0 Å². The van der Waals surface area contributed by atoms with Crippen molar-refractivity contribution in [3.8, 4) is 0 Å². The second kappa shape index (κ2) is 5.09. The molecular formula is C15H22N2. The average Bonchev–Trinajstić information content (AvgIpc) is 3.18. The molecule has 1 saturated carbocycles. The maximum Gasteiger partial charge on any atom is 0.0372 e. The summed E-state index contributed by atoms with van der Waals surface area (Å²) in [6.07, 6.45) is 5.55. The summed E-state index contributed by atoms with van der Waals surface area (Å²) in [5, 5.41) is 7.15. The second-order valence-electron chi connectivity index (χ2n) is 5.54. The van der Waals surface area contributed by atoms with E-state index in [2.05, 4.69) is 34.9 Å². The number of benzene rings is 1. The summed E-state index contributed by atoms with van der Waals surface area (Å²) >= 11 is 0. The van der Waals surface area contributed by atoms with Crippen molar-refractivity contribution in [3.63, 3.8) is 0 Å². The van der Waals surface area contributed by atoms with Crippen LogP contribution in [0.15, 0.2) is 24.3 Å². The van der Waals surface area contributed by atoms with Gasteiger partial charge < -0.3 is 10.6 Å². The zero-order valence-electron chi connectivity index (χ0n) is 10.4. The molecule has 0 spiro atoms. The number of anilines is 1. The summed E-state index contributed by atoms with van der Waals surface area (Å²) < 4.78 is 0. The minimum Gasteiger partial charge on any atom is -0.384 e. The molecule has 0 saturated heterocycles. The van der Waals surface area contributed by atoms with Crippen molar-refractivity contribution in [1.29, 1.82) is 0 Å². The topological polar surface area (TPSA) is 24.1 Å². The molecular weight excluding hydrogens is 208 g/mol. The number of hydrogen-bond acceptors (Lipinski definition) is 2. The first-order valence-corrected chi connectivity index (χ1v) is 6.94. The van der Waals surface area contributed by atoms with E-state index in [1.54, 1.807) is 0 Å². The molecule has 2 heteroatoms. The highest BCUT2D eigenvalue weighted by Crippen LogP contribution is 2.31. The molecule has 92 valence electrons. The van der Waals surface area contributed by atoms with Gasteiger partial charge in [0.2, 0.25) is 0 Å². The first-order chi connectivity index (χ1) is 8.42. The Kier molecular flexibility index (Phi) is 3.32. The Bertz CT molecular complexity index is 371. The molecule has 1 heterocycles. The van der Waals surface area contributed by atoms with Gasteiger partial charge >= 0.3 is 0 Å². The zero-order valence-corrected chi connectivity index (χ0v) is 10.4. The standard InChI is InChI=1S/C15H22N2/c1-2-4-15-14(3-1)9-13(11-17-15)10-16-8-7-12-5-6-12/h1-4,12-13,16-17H,5-11H2. The van der Waals surface area contributed by atoms with Crippen LogP contribution in [0.4, 0.5) is 5.69 Å². The Hall–Kier alpha value is -1.02. The summed E-state index contributed by atoms with van der Waals surface area (Å²) in [4.78, 5) is 0. The normalized spacial score (nSPS) is 22.9. The third kappa shape index (κ3) is 3.01. The van der Waals surface area contributed by atoms with Crippen molar-refractivity contribution >= 4 is 5.69 Å². The van der Waals surface area contributed by atoms with Crippen molar-refractivity contribution in [2.45, 2.75) is 25.7 Å². The molecule has 0 bridgehead atoms. The fourth-order valence-electron chi connectivity index (χ4n) is 2.67. The Morgan fingerprint density at radius 2 is 2.06 bits per heavy atom. The van der Waals surface area contributed by atoms with Crippen LogP contribution in [-0.2, 0) is 6.42 Å². The van der Waals surface area contributed by atoms with Gasteiger partial charge in [0.05, 0.1) is 0 Å². The van der Waals surface area contributed by atoms with Crippen LogP contribution in [0.1, 0.15) is 24.8 Å². The van der Waals surface area contributed by atoms with Gasteiger partial charge in [0.25, 0.3) is 0 Å². The van der Waals surface area contributed by atoms with Crippen LogP contribution in [-0.4, -0.2) is 19.6 Å². The van der Waals surface area contributed by atoms with E-state index in [1.165, 1.54) is 43.5 Å². The number of nitrogens with one attached hydrogen (secondary N) is 2. The van der Waals surface area contributed by atoms with E-state index in [9.17, 15) is 0 Å². The number of fused-ring (bicyclic) bond motifs is 1. The fraction of sp³-hybridized carbons (Fsp3) is 0.600. The minimum atomic E-state index is 0.754. The van der Waals surface area contributed by atoms with E-state index >= 15 is 0 Å². The van der Waals surface area contributed by atoms with E-state index < -0.39 is 0 Å². The zero-order chi connectivity index (χ0) is 11.5. The monoisotopic (exact) mass is 230 g/mol. The van der Waals surface area contributed by atoms with Crippen LogP contribution in [0.2, 0.25) is 0 Å². The van der Waals surface area contributed by atoms with Gasteiger partial charge in [0.15, 0.2) is 0 Å². The van der Waals surface area contributed by atoms with Crippen LogP contribution in [0.25, 0.3) is 0 Å². The van der Waals surface area contributed by atoms with Crippen molar-refractivity contribution in [2.24, 2.45) is 11.8 Å². The van der Waals surface area contributed by atoms with Gasteiger partial charge in [-0.05, 0) is 49.4 Å². The molecule has 1 aromatic rings. The maximum atomic E-state index is 3.62. The highest BCUT2D eigenvalue weighted by atomic mass is 14.9. The predicted molar refractivity (Wildman–Crippen MR) is 72.3 cm³/mol. The number of rotatable bonds is 5. The smallest absolute Gasteiger partial charge is 0.0372 e. The van der Waals surface area contributed by atoms with Crippen LogP contribution in [0.5, 0.6) is 0 Å². The molecule has 3 rings (SSSR count). The number of para-hydroxylation sites is 1. The summed E-state index contributed by atoms with van der Waals surface area (Å²) in [6.45, 7) is 3.49. The second-order valence-corrected chi connectivity index (χ2v) is 5.54. The van der Waals surface area contributed by atoms with Gasteiger partial charge in [-0.1, -0.05) is 31.0 Å². The molecule has 0 aromatic heterocycles. The van der Waals surface area contributed by atoms with Crippen molar-refractivity contribution < 1.29 is 0 Å². The lowest BCUT2D eigenvalue weighted by Gasteiger charge is -2.26. The molecule has 2 nitrogen and oxygen atoms in total. The molecule has 1 unspecified atom stereocenters. The van der Waals surface area contributed by atoms with Crippen molar-refractivity contribution in [1.82, 2.24) is 5.32 Å². The molecule has 1 aliphatic carbocycles.